The highest BCUT2D eigenvalue weighted by atomic mass is 19.1. The van der Waals surface area contributed by atoms with Gasteiger partial charge in [-0.05, 0) is 56.0 Å². The summed E-state index contributed by atoms with van der Waals surface area (Å²) < 4.78 is 30.4. The van der Waals surface area contributed by atoms with Crippen molar-refractivity contribution in [3.63, 3.8) is 0 Å². The molecule has 1 atom stereocenters. The lowest BCUT2D eigenvalue weighted by Gasteiger charge is -2.18. The van der Waals surface area contributed by atoms with Crippen molar-refractivity contribution in [2.45, 2.75) is 33.5 Å². The van der Waals surface area contributed by atoms with Crippen molar-refractivity contribution >= 4 is 11.9 Å². The van der Waals surface area contributed by atoms with Crippen LogP contribution in [0.25, 0.3) is 11.1 Å². The number of aliphatic hydroxyl groups excluding tert-OH is 1. The van der Waals surface area contributed by atoms with E-state index in [4.69, 9.17) is 14.2 Å². The first-order chi connectivity index (χ1) is 16.5. The van der Waals surface area contributed by atoms with Gasteiger partial charge in [-0.2, -0.15) is 0 Å². The van der Waals surface area contributed by atoms with Crippen molar-refractivity contribution in [3.05, 3.63) is 90.3 Å². The van der Waals surface area contributed by atoms with Gasteiger partial charge in [-0.3, -0.25) is 0 Å². The lowest BCUT2D eigenvalue weighted by Crippen LogP contribution is -2.23. The number of hydrogen-bond acceptors (Lipinski definition) is 6. The van der Waals surface area contributed by atoms with Crippen LogP contribution in [-0.4, -0.2) is 36.5 Å². The predicted molar refractivity (Wildman–Crippen MR) is 132 cm³/mol. The molecule has 1 unspecified atom stereocenters. The molecule has 0 aliphatic carbocycles. The van der Waals surface area contributed by atoms with Crippen LogP contribution in [0.3, 0.4) is 0 Å². The SMILES string of the molecule is C=C(C)C(=O)OCC(COC(=O)C(=C)C)Cc1ccc(-c2ccc(OC(O)C(=C)C)cc2F)cc1. The second-order valence-electron chi connectivity index (χ2n) is 8.48. The zero-order valence-electron chi connectivity index (χ0n) is 20.3. The minimum Gasteiger partial charge on any atom is -0.462 e. The molecule has 1 N–H and O–H groups in total. The normalized spacial score (nSPS) is 11.5. The number of aliphatic hydroxyl groups is 1. The maximum absolute atomic E-state index is 14.7. The number of benzene rings is 2. The third kappa shape index (κ3) is 8.54. The first kappa shape index (κ1) is 27.5. The fourth-order valence-electron chi connectivity index (χ4n) is 2.99. The van der Waals surface area contributed by atoms with Crippen LogP contribution in [0.2, 0.25) is 0 Å². The van der Waals surface area contributed by atoms with E-state index in [0.717, 1.165) is 5.56 Å². The summed E-state index contributed by atoms with van der Waals surface area (Å²) in [7, 11) is 0. The smallest absolute Gasteiger partial charge is 0.333 e. The Morgan fingerprint density at radius 1 is 0.914 bits per heavy atom. The molecular formula is C28H31FO6. The van der Waals surface area contributed by atoms with Gasteiger partial charge in [0, 0.05) is 28.7 Å². The molecule has 0 saturated heterocycles. The molecular weight excluding hydrogens is 451 g/mol. The summed E-state index contributed by atoms with van der Waals surface area (Å²) in [5.41, 5.74) is 2.88. The quantitative estimate of drug-likeness (QED) is 0.195. The molecule has 0 aliphatic rings. The molecule has 2 rings (SSSR count). The van der Waals surface area contributed by atoms with Crippen LogP contribution < -0.4 is 4.74 Å². The second-order valence-corrected chi connectivity index (χ2v) is 8.48. The van der Waals surface area contributed by atoms with Gasteiger partial charge in [0.25, 0.3) is 0 Å². The molecule has 2 aromatic rings. The van der Waals surface area contributed by atoms with Crippen LogP contribution in [0.5, 0.6) is 5.75 Å². The van der Waals surface area contributed by atoms with E-state index < -0.39 is 24.0 Å². The van der Waals surface area contributed by atoms with Crippen LogP contribution in [0.4, 0.5) is 4.39 Å². The van der Waals surface area contributed by atoms with Crippen LogP contribution in [0.1, 0.15) is 26.3 Å². The first-order valence-corrected chi connectivity index (χ1v) is 11.0. The van der Waals surface area contributed by atoms with E-state index in [2.05, 4.69) is 19.7 Å². The third-order valence-electron chi connectivity index (χ3n) is 5.00. The van der Waals surface area contributed by atoms with E-state index in [0.29, 0.717) is 23.1 Å². The summed E-state index contributed by atoms with van der Waals surface area (Å²) >= 11 is 0. The highest BCUT2D eigenvalue weighted by Gasteiger charge is 2.17. The molecule has 2 aromatic carbocycles. The van der Waals surface area contributed by atoms with Crippen LogP contribution in [0, 0.1) is 11.7 Å². The predicted octanol–water partition coefficient (Wildman–Crippen LogP) is 5.16. The average Bonchev–Trinajstić information content (AvgIpc) is 2.80. The van der Waals surface area contributed by atoms with Gasteiger partial charge in [0.2, 0.25) is 6.29 Å². The maximum Gasteiger partial charge on any atom is 0.333 e. The molecule has 0 aromatic heterocycles. The largest absolute Gasteiger partial charge is 0.462 e. The Balaban J connectivity index is 2.12. The molecule has 7 heteroatoms. The first-order valence-electron chi connectivity index (χ1n) is 11.0. The van der Waals surface area contributed by atoms with E-state index in [1.54, 1.807) is 45.0 Å². The van der Waals surface area contributed by atoms with Gasteiger partial charge in [0.05, 0.1) is 13.2 Å². The zero-order chi connectivity index (χ0) is 26.1. The Labute approximate surface area is 205 Å². The van der Waals surface area contributed by atoms with Crippen molar-refractivity contribution in [1.82, 2.24) is 0 Å². The summed E-state index contributed by atoms with van der Waals surface area (Å²) in [6.07, 6.45) is -0.752. The number of carbonyl (C=O) groups is 2. The van der Waals surface area contributed by atoms with Gasteiger partial charge >= 0.3 is 11.9 Å². The standard InChI is InChI=1S/C28H31FO6/c1-17(2)26(30)33-15-21(16-34-27(31)18(3)4)13-20-7-9-22(10-8-20)24-12-11-23(14-25(24)29)35-28(32)19(5)6/h7-12,14,21,28,32H,1,3,5,13,15-16H2,2,4,6H3. The molecule has 0 fully saturated rings. The molecule has 186 valence electrons. The molecule has 35 heavy (non-hydrogen) atoms. The van der Waals surface area contributed by atoms with Gasteiger partial charge in [-0.15, -0.1) is 0 Å². The van der Waals surface area contributed by atoms with E-state index in [1.165, 1.54) is 6.07 Å². The summed E-state index contributed by atoms with van der Waals surface area (Å²) in [5.74, 6) is -1.64. The van der Waals surface area contributed by atoms with Gasteiger partial charge in [-0.25, -0.2) is 14.0 Å². The molecule has 0 spiro atoms. The van der Waals surface area contributed by atoms with Crippen molar-refractivity contribution in [2.75, 3.05) is 13.2 Å². The van der Waals surface area contributed by atoms with Crippen molar-refractivity contribution in [2.24, 2.45) is 5.92 Å². The fourth-order valence-corrected chi connectivity index (χ4v) is 2.99. The molecule has 0 amide bonds. The summed E-state index contributed by atoms with van der Waals surface area (Å²) in [4.78, 5) is 23.6. The second kappa shape index (κ2) is 12.7. The van der Waals surface area contributed by atoms with Crippen molar-refractivity contribution in [1.29, 1.82) is 0 Å². The Morgan fingerprint density at radius 2 is 1.46 bits per heavy atom. The van der Waals surface area contributed by atoms with Gasteiger partial charge < -0.3 is 19.3 Å². The minimum atomic E-state index is -1.21. The Morgan fingerprint density at radius 3 is 1.91 bits per heavy atom. The van der Waals surface area contributed by atoms with E-state index in [9.17, 15) is 19.1 Å². The van der Waals surface area contributed by atoms with Crippen molar-refractivity contribution in [3.8, 4) is 16.9 Å². The number of hydrogen-bond donors (Lipinski definition) is 1. The number of rotatable bonds is 12. The monoisotopic (exact) mass is 482 g/mol. The number of halogens is 1. The lowest BCUT2D eigenvalue weighted by molar-refractivity contribution is -0.144. The number of esters is 2. The summed E-state index contributed by atoms with van der Waals surface area (Å²) in [5, 5.41) is 9.74. The van der Waals surface area contributed by atoms with E-state index in [-0.39, 0.29) is 36.0 Å². The van der Waals surface area contributed by atoms with E-state index in [1.807, 2.05) is 12.1 Å². The minimum absolute atomic E-state index is 0.0447. The Hall–Kier alpha value is -3.71. The molecule has 0 aliphatic heterocycles. The highest BCUT2D eigenvalue weighted by molar-refractivity contribution is 5.87. The van der Waals surface area contributed by atoms with Crippen LogP contribution in [0.15, 0.2) is 78.9 Å². The molecule has 0 radical (unpaired) electrons. The van der Waals surface area contributed by atoms with Crippen LogP contribution >= 0.6 is 0 Å². The van der Waals surface area contributed by atoms with Gasteiger partial charge in [0.1, 0.15) is 11.6 Å². The van der Waals surface area contributed by atoms with Gasteiger partial charge in [0.15, 0.2) is 0 Å². The Bertz CT molecular complexity index is 1070. The molecule has 6 nitrogen and oxygen atoms in total. The fraction of sp³-hybridized carbons (Fsp3) is 0.286. The van der Waals surface area contributed by atoms with Crippen molar-refractivity contribution < 1.29 is 33.3 Å². The average molecular weight is 483 g/mol. The Kier molecular flexibility index (Phi) is 9.97. The lowest BCUT2D eigenvalue weighted by atomic mass is 9.97. The zero-order valence-corrected chi connectivity index (χ0v) is 20.3. The van der Waals surface area contributed by atoms with E-state index >= 15 is 0 Å². The number of carbonyl (C=O) groups excluding carboxylic acids is 2. The molecule has 0 heterocycles. The highest BCUT2D eigenvalue weighted by Crippen LogP contribution is 2.28. The number of ether oxygens (including phenoxy) is 3. The molecule has 0 saturated carbocycles. The summed E-state index contributed by atoms with van der Waals surface area (Å²) in [6, 6.07) is 11.6. The third-order valence-corrected chi connectivity index (χ3v) is 5.00. The van der Waals surface area contributed by atoms with Gasteiger partial charge in [-0.1, -0.05) is 44.0 Å². The van der Waals surface area contributed by atoms with Crippen LogP contribution in [-0.2, 0) is 25.5 Å². The molecule has 0 bridgehead atoms. The maximum atomic E-state index is 14.7. The summed E-state index contributed by atoms with van der Waals surface area (Å²) in [6.45, 7) is 15.5. The topological polar surface area (TPSA) is 82.1 Å².